The molecule has 0 aliphatic rings. The highest BCUT2D eigenvalue weighted by Gasteiger charge is 2.22. The van der Waals surface area contributed by atoms with Gasteiger partial charge in [-0.2, -0.15) is 23.5 Å². The zero-order valence-corrected chi connectivity index (χ0v) is 20.7. The molecule has 0 heterocycles. The molecule has 0 aliphatic heterocycles. The van der Waals surface area contributed by atoms with Crippen LogP contribution in [0.25, 0.3) is 0 Å². The number of phenolic OH excluding ortho intramolecular Hbond substituents is 1. The molecule has 176 valence electrons. The summed E-state index contributed by atoms with van der Waals surface area (Å²) in [6, 6.07) is 2.38. The molecule has 1 rings (SSSR count). The summed E-state index contributed by atoms with van der Waals surface area (Å²) in [5.41, 5.74) is 2.02. The lowest BCUT2D eigenvalue weighted by atomic mass is 9.84. The minimum Gasteiger partial charge on any atom is -0.507 e. The van der Waals surface area contributed by atoms with Crippen molar-refractivity contribution in [2.45, 2.75) is 64.2 Å². The summed E-state index contributed by atoms with van der Waals surface area (Å²) in [5, 5.41) is 35.8. The third kappa shape index (κ3) is 9.31. The smallest absolute Gasteiger partial charge is 0.320 e. The molecule has 0 fully saturated rings. The average molecular weight is 473 g/mol. The molecule has 1 aromatic carbocycles. The Morgan fingerprint density at radius 1 is 0.903 bits per heavy atom. The molecule has 0 aromatic heterocycles. The molecule has 0 unspecified atom stereocenters. The van der Waals surface area contributed by atoms with E-state index < -0.39 is 24.0 Å². The number of carboxylic acid groups (broad SMARTS) is 2. The molecule has 1 aromatic rings. The summed E-state index contributed by atoms with van der Waals surface area (Å²) >= 11 is 3.17. The first-order valence-electron chi connectivity index (χ1n) is 10.3. The number of benzene rings is 1. The molecule has 31 heavy (non-hydrogen) atoms. The second kappa shape index (κ2) is 13.2. The van der Waals surface area contributed by atoms with Crippen LogP contribution < -0.4 is 10.6 Å². The third-order valence-electron chi connectivity index (χ3n) is 5.03. The number of thioether (sulfide) groups is 2. The largest absolute Gasteiger partial charge is 0.507 e. The maximum absolute atomic E-state index is 11.5. The molecule has 0 radical (unpaired) electrons. The molecule has 0 amide bonds. The van der Waals surface area contributed by atoms with E-state index >= 15 is 0 Å². The van der Waals surface area contributed by atoms with Crippen molar-refractivity contribution in [2.75, 3.05) is 24.0 Å². The summed E-state index contributed by atoms with van der Waals surface area (Å²) in [4.78, 5) is 23.1. The lowest BCUT2D eigenvalue weighted by molar-refractivity contribution is -0.140. The van der Waals surface area contributed by atoms with Crippen LogP contribution >= 0.6 is 23.5 Å². The van der Waals surface area contributed by atoms with Crippen LogP contribution in [0.15, 0.2) is 12.1 Å². The number of carboxylic acids is 2. The summed E-state index contributed by atoms with van der Waals surface area (Å²) in [7, 11) is 0. The first-order chi connectivity index (χ1) is 14.5. The SMILES string of the molecule is CSCC[C@H](NCc1cc(C(C)(C)C)cc(CN[C@@H](CCSC)C(=O)O)c1O)C(=O)O. The number of carbonyl (C=O) groups is 2. The highest BCUT2D eigenvalue weighted by atomic mass is 32.2. The molecule has 0 saturated heterocycles. The summed E-state index contributed by atoms with van der Waals surface area (Å²) in [6.45, 7) is 6.60. The van der Waals surface area contributed by atoms with Crippen LogP contribution in [0.4, 0.5) is 0 Å². The average Bonchev–Trinajstić information content (AvgIpc) is 2.68. The zero-order valence-electron chi connectivity index (χ0n) is 19.0. The van der Waals surface area contributed by atoms with E-state index in [1.807, 2.05) is 24.6 Å². The fourth-order valence-corrected chi connectivity index (χ4v) is 3.97. The molecule has 7 nitrogen and oxygen atoms in total. The third-order valence-corrected chi connectivity index (χ3v) is 6.32. The van der Waals surface area contributed by atoms with E-state index in [1.54, 1.807) is 23.5 Å². The second-order valence-electron chi connectivity index (χ2n) is 8.50. The fourth-order valence-electron chi connectivity index (χ4n) is 3.03. The fraction of sp³-hybridized carbons (Fsp3) is 0.636. The van der Waals surface area contributed by atoms with E-state index in [4.69, 9.17) is 0 Å². The minimum absolute atomic E-state index is 0.0658. The van der Waals surface area contributed by atoms with Crippen molar-refractivity contribution in [3.05, 3.63) is 28.8 Å². The summed E-state index contributed by atoms with van der Waals surface area (Å²) in [5.74, 6) is -0.323. The molecule has 0 bridgehead atoms. The van der Waals surface area contributed by atoms with Gasteiger partial charge in [-0.1, -0.05) is 32.9 Å². The van der Waals surface area contributed by atoms with Crippen LogP contribution in [0.2, 0.25) is 0 Å². The highest BCUT2D eigenvalue weighted by molar-refractivity contribution is 7.98. The quantitative estimate of drug-likeness (QED) is 0.278. The number of aromatic hydroxyl groups is 1. The van der Waals surface area contributed by atoms with Gasteiger partial charge in [0.25, 0.3) is 0 Å². The number of nitrogens with one attached hydrogen (secondary N) is 2. The number of rotatable bonds is 14. The van der Waals surface area contributed by atoms with Gasteiger partial charge < -0.3 is 26.0 Å². The standard InChI is InChI=1S/C22H36N2O5S2/c1-22(2,3)16-10-14(12-23-17(20(26)27)6-8-30-4)19(25)15(11-16)13-24-18(21(28)29)7-9-31-5/h10-11,17-18,23-25H,6-9,12-13H2,1-5H3,(H,26,27)(H,28,29)/t17-,18-/m0/s1. The van der Waals surface area contributed by atoms with Crippen LogP contribution in [0.1, 0.15) is 50.3 Å². The van der Waals surface area contributed by atoms with Gasteiger partial charge in [0.15, 0.2) is 0 Å². The van der Waals surface area contributed by atoms with E-state index in [9.17, 15) is 24.9 Å². The van der Waals surface area contributed by atoms with Crippen LogP contribution in [0.3, 0.4) is 0 Å². The van der Waals surface area contributed by atoms with Crippen molar-refractivity contribution in [3.63, 3.8) is 0 Å². The Morgan fingerprint density at radius 2 is 1.29 bits per heavy atom. The number of hydrogen-bond donors (Lipinski definition) is 5. The maximum Gasteiger partial charge on any atom is 0.320 e. The Hall–Kier alpha value is -1.42. The zero-order chi connectivity index (χ0) is 23.6. The van der Waals surface area contributed by atoms with Gasteiger partial charge in [-0.15, -0.1) is 0 Å². The van der Waals surface area contributed by atoms with E-state index in [1.165, 1.54) is 0 Å². The Balaban J connectivity index is 3.11. The molecule has 9 heteroatoms. The molecule has 2 atom stereocenters. The molecule has 0 spiro atoms. The molecule has 0 aliphatic carbocycles. The van der Waals surface area contributed by atoms with Gasteiger partial charge in [0.2, 0.25) is 0 Å². The van der Waals surface area contributed by atoms with Crippen molar-refractivity contribution in [3.8, 4) is 5.75 Å². The first-order valence-corrected chi connectivity index (χ1v) is 13.1. The van der Waals surface area contributed by atoms with Gasteiger partial charge in [0.1, 0.15) is 17.8 Å². The number of aliphatic carboxylic acids is 2. The van der Waals surface area contributed by atoms with Gasteiger partial charge in [-0.05, 0) is 47.8 Å². The van der Waals surface area contributed by atoms with Gasteiger partial charge >= 0.3 is 11.9 Å². The highest BCUT2D eigenvalue weighted by Crippen LogP contribution is 2.31. The number of phenols is 1. The van der Waals surface area contributed by atoms with Crippen molar-refractivity contribution < 1.29 is 24.9 Å². The molecular formula is C22H36N2O5S2. The van der Waals surface area contributed by atoms with E-state index in [0.717, 1.165) is 17.1 Å². The van der Waals surface area contributed by atoms with Gasteiger partial charge in [0.05, 0.1) is 0 Å². The van der Waals surface area contributed by atoms with Crippen molar-refractivity contribution in [2.24, 2.45) is 0 Å². The first kappa shape index (κ1) is 27.6. The van der Waals surface area contributed by atoms with E-state index in [2.05, 4.69) is 31.4 Å². The van der Waals surface area contributed by atoms with Gasteiger partial charge in [-0.25, -0.2) is 0 Å². The maximum atomic E-state index is 11.5. The second-order valence-corrected chi connectivity index (χ2v) is 10.5. The van der Waals surface area contributed by atoms with Gasteiger partial charge in [0, 0.05) is 24.2 Å². The van der Waals surface area contributed by atoms with Crippen LogP contribution in [-0.2, 0) is 28.1 Å². The van der Waals surface area contributed by atoms with Crippen LogP contribution in [-0.4, -0.2) is 63.4 Å². The topological polar surface area (TPSA) is 119 Å². The Morgan fingerprint density at radius 3 is 1.58 bits per heavy atom. The van der Waals surface area contributed by atoms with E-state index in [-0.39, 0.29) is 24.3 Å². The lowest BCUT2D eigenvalue weighted by Crippen LogP contribution is -2.37. The predicted octanol–water partition coefficient (Wildman–Crippen LogP) is 3.28. The summed E-state index contributed by atoms with van der Waals surface area (Å²) in [6.07, 6.45) is 4.83. The van der Waals surface area contributed by atoms with Crippen molar-refractivity contribution in [1.82, 2.24) is 10.6 Å². The normalized spacial score (nSPS) is 13.7. The van der Waals surface area contributed by atoms with E-state index in [0.29, 0.717) is 24.0 Å². The van der Waals surface area contributed by atoms with Crippen LogP contribution in [0.5, 0.6) is 5.75 Å². The molecule has 5 N–H and O–H groups in total. The molecular weight excluding hydrogens is 436 g/mol. The predicted molar refractivity (Wildman–Crippen MR) is 129 cm³/mol. The summed E-state index contributed by atoms with van der Waals surface area (Å²) < 4.78 is 0. The van der Waals surface area contributed by atoms with Crippen LogP contribution in [0, 0.1) is 0 Å². The van der Waals surface area contributed by atoms with Crippen molar-refractivity contribution in [1.29, 1.82) is 0 Å². The number of hydrogen-bond acceptors (Lipinski definition) is 7. The monoisotopic (exact) mass is 472 g/mol. The molecule has 0 saturated carbocycles. The Bertz CT molecular complexity index is 686. The Kier molecular flexibility index (Phi) is 11.8. The van der Waals surface area contributed by atoms with Gasteiger partial charge in [-0.3, -0.25) is 9.59 Å². The minimum atomic E-state index is -0.916. The van der Waals surface area contributed by atoms with Crippen molar-refractivity contribution >= 4 is 35.5 Å². The lowest BCUT2D eigenvalue weighted by Gasteiger charge is -2.24. The Labute approximate surface area is 193 Å².